The molecule has 2 aromatic heterocycles. The van der Waals surface area contributed by atoms with Crippen LogP contribution in [0, 0.1) is 5.41 Å². The van der Waals surface area contributed by atoms with Gasteiger partial charge in [-0.3, -0.25) is 19.1 Å². The van der Waals surface area contributed by atoms with Gasteiger partial charge < -0.3 is 0 Å². The van der Waals surface area contributed by atoms with E-state index in [2.05, 4.69) is 26.8 Å². The number of likely N-dealkylation sites (tertiary alicyclic amines) is 1. The molecule has 1 spiro atoms. The molecule has 3 aromatic rings. The van der Waals surface area contributed by atoms with Gasteiger partial charge in [0.1, 0.15) is 5.82 Å². The van der Waals surface area contributed by atoms with E-state index in [0.717, 1.165) is 43.9 Å². The van der Waals surface area contributed by atoms with Crippen LogP contribution in [0.2, 0.25) is 0 Å². The topological polar surface area (TPSA) is 60.1 Å². The highest BCUT2D eigenvalue weighted by Gasteiger charge is 2.44. The lowest BCUT2D eigenvalue weighted by atomic mass is 9.86. The third-order valence-corrected chi connectivity index (χ3v) is 6.65. The zero-order valence-electron chi connectivity index (χ0n) is 15.6. The summed E-state index contributed by atoms with van der Waals surface area (Å²) in [4.78, 5) is 27.8. The van der Waals surface area contributed by atoms with Crippen LogP contribution < -0.4 is 11.1 Å². The van der Waals surface area contributed by atoms with Crippen LogP contribution in [0.1, 0.15) is 23.4 Å². The Balaban J connectivity index is 1.39. The average Bonchev–Trinajstić information content (AvgIpc) is 3.42. The molecule has 1 fully saturated rings. The maximum absolute atomic E-state index is 12.7. The Kier molecular flexibility index (Phi) is 4.29. The third-order valence-electron chi connectivity index (χ3n) is 5.92. The Morgan fingerprint density at radius 1 is 1.00 bits per heavy atom. The van der Waals surface area contributed by atoms with E-state index in [-0.39, 0.29) is 5.41 Å². The summed E-state index contributed by atoms with van der Waals surface area (Å²) in [5.41, 5.74) is 1.37. The average molecular weight is 395 g/mol. The van der Waals surface area contributed by atoms with Crippen LogP contribution in [0.5, 0.6) is 0 Å². The lowest BCUT2D eigenvalue weighted by molar-refractivity contribution is 0.246. The summed E-state index contributed by atoms with van der Waals surface area (Å²) < 4.78 is 2.96. The summed E-state index contributed by atoms with van der Waals surface area (Å²) in [5, 5.41) is 8.88. The number of rotatable bonds is 4. The lowest BCUT2D eigenvalue weighted by Crippen LogP contribution is -2.43. The van der Waals surface area contributed by atoms with E-state index in [4.69, 9.17) is 0 Å². The zero-order valence-corrected chi connectivity index (χ0v) is 16.4. The van der Waals surface area contributed by atoms with E-state index in [1.54, 1.807) is 15.9 Å². The maximum atomic E-state index is 12.7. The molecule has 144 valence electrons. The molecule has 2 aliphatic heterocycles. The van der Waals surface area contributed by atoms with Crippen molar-refractivity contribution in [1.82, 2.24) is 19.2 Å². The van der Waals surface area contributed by atoms with Crippen LogP contribution in [0.4, 0.5) is 0 Å². The smallest absolute Gasteiger partial charge is 0.298 e. The van der Waals surface area contributed by atoms with Gasteiger partial charge in [0, 0.05) is 31.5 Å². The van der Waals surface area contributed by atoms with Crippen molar-refractivity contribution in [3.63, 3.8) is 0 Å². The van der Waals surface area contributed by atoms with Crippen LogP contribution in [-0.4, -0.2) is 32.3 Å². The van der Waals surface area contributed by atoms with Gasteiger partial charge in [-0.2, -0.15) is 16.4 Å². The first-order valence-corrected chi connectivity index (χ1v) is 10.5. The zero-order chi connectivity index (χ0) is 19.1. The first-order valence-electron chi connectivity index (χ1n) is 9.60. The Morgan fingerprint density at radius 2 is 1.86 bits per heavy atom. The standard InChI is InChI=1S/C21H22N4O2S/c26-19-20(27)25(12-16-4-2-1-3-5-16)22-18-10-21(15-24(18)19)7-8-23(14-21)11-17-6-9-28-13-17/h1-6,9,13H,7-8,10-12,14-15H2. The number of hydrogen-bond donors (Lipinski definition) is 0. The number of aromatic nitrogens is 3. The molecule has 0 radical (unpaired) electrons. The molecule has 7 heteroatoms. The maximum Gasteiger partial charge on any atom is 0.332 e. The van der Waals surface area contributed by atoms with E-state index in [0.29, 0.717) is 13.1 Å². The molecule has 1 unspecified atom stereocenters. The van der Waals surface area contributed by atoms with E-state index in [1.807, 2.05) is 30.3 Å². The number of thiophene rings is 1. The monoisotopic (exact) mass is 394 g/mol. The molecule has 2 aliphatic rings. The van der Waals surface area contributed by atoms with Crippen molar-refractivity contribution in [2.45, 2.75) is 32.5 Å². The molecule has 0 amide bonds. The molecule has 1 aromatic carbocycles. The fraction of sp³-hybridized carbons (Fsp3) is 0.381. The van der Waals surface area contributed by atoms with Gasteiger partial charge >= 0.3 is 11.1 Å². The van der Waals surface area contributed by atoms with Gasteiger partial charge in [-0.05, 0) is 40.9 Å². The van der Waals surface area contributed by atoms with Gasteiger partial charge in [-0.1, -0.05) is 30.3 Å². The Bertz CT molecular complexity index is 1100. The highest BCUT2D eigenvalue weighted by Crippen LogP contribution is 2.39. The first kappa shape index (κ1) is 17.6. The summed E-state index contributed by atoms with van der Waals surface area (Å²) >= 11 is 1.72. The highest BCUT2D eigenvalue weighted by molar-refractivity contribution is 7.07. The normalized spacial score (nSPS) is 21.4. The van der Waals surface area contributed by atoms with Gasteiger partial charge in [0.15, 0.2) is 0 Å². The van der Waals surface area contributed by atoms with E-state index >= 15 is 0 Å². The Morgan fingerprint density at radius 3 is 2.64 bits per heavy atom. The molecule has 0 saturated carbocycles. The Labute approximate surface area is 166 Å². The minimum absolute atomic E-state index is 0.0214. The summed E-state index contributed by atoms with van der Waals surface area (Å²) in [6, 6.07) is 11.8. The molecule has 4 heterocycles. The number of hydrogen-bond acceptors (Lipinski definition) is 5. The fourth-order valence-corrected chi connectivity index (χ4v) is 5.20. The number of fused-ring (bicyclic) bond motifs is 1. The first-order chi connectivity index (χ1) is 13.6. The predicted molar refractivity (Wildman–Crippen MR) is 109 cm³/mol. The lowest BCUT2D eigenvalue weighted by Gasteiger charge is -2.22. The van der Waals surface area contributed by atoms with Crippen molar-refractivity contribution >= 4 is 11.3 Å². The van der Waals surface area contributed by atoms with Crippen molar-refractivity contribution in [2.75, 3.05) is 13.1 Å². The molecule has 1 atom stereocenters. The predicted octanol–water partition coefficient (Wildman–Crippen LogP) is 1.96. The summed E-state index contributed by atoms with van der Waals surface area (Å²) in [6.45, 7) is 3.85. The van der Waals surface area contributed by atoms with Crippen molar-refractivity contribution in [1.29, 1.82) is 0 Å². The van der Waals surface area contributed by atoms with Gasteiger partial charge in [0.25, 0.3) is 0 Å². The molecule has 5 rings (SSSR count). The van der Waals surface area contributed by atoms with Crippen LogP contribution in [0.25, 0.3) is 0 Å². The number of nitrogens with zero attached hydrogens (tertiary/aromatic N) is 4. The molecule has 1 saturated heterocycles. The summed E-state index contributed by atoms with van der Waals surface area (Å²) in [7, 11) is 0. The van der Waals surface area contributed by atoms with Crippen LogP contribution >= 0.6 is 11.3 Å². The minimum Gasteiger partial charge on any atom is -0.298 e. The van der Waals surface area contributed by atoms with Crippen molar-refractivity contribution in [3.05, 3.63) is 84.8 Å². The molecule has 6 nitrogen and oxygen atoms in total. The molecule has 0 aliphatic carbocycles. The van der Waals surface area contributed by atoms with Gasteiger partial charge in [0.05, 0.1) is 6.54 Å². The van der Waals surface area contributed by atoms with Gasteiger partial charge in [0.2, 0.25) is 0 Å². The van der Waals surface area contributed by atoms with Crippen LogP contribution in [-0.2, 0) is 26.1 Å². The van der Waals surface area contributed by atoms with Gasteiger partial charge in [-0.25, -0.2) is 4.68 Å². The molecule has 0 bridgehead atoms. The summed E-state index contributed by atoms with van der Waals surface area (Å²) in [5.74, 6) is 0.748. The second-order valence-corrected chi connectivity index (χ2v) is 8.80. The van der Waals surface area contributed by atoms with E-state index < -0.39 is 11.1 Å². The highest BCUT2D eigenvalue weighted by atomic mass is 32.1. The van der Waals surface area contributed by atoms with Crippen molar-refractivity contribution in [2.24, 2.45) is 5.41 Å². The van der Waals surface area contributed by atoms with Crippen LogP contribution in [0.3, 0.4) is 0 Å². The van der Waals surface area contributed by atoms with Crippen molar-refractivity contribution < 1.29 is 0 Å². The second-order valence-electron chi connectivity index (χ2n) is 8.02. The molecule has 28 heavy (non-hydrogen) atoms. The minimum atomic E-state index is -0.530. The molecule has 0 N–H and O–H groups in total. The van der Waals surface area contributed by atoms with E-state index in [9.17, 15) is 9.59 Å². The number of benzene rings is 1. The molecular formula is C21H22N4O2S. The fourth-order valence-electron chi connectivity index (χ4n) is 4.54. The second kappa shape index (κ2) is 6.83. The molecular weight excluding hydrogens is 372 g/mol. The summed E-state index contributed by atoms with van der Waals surface area (Å²) in [6.07, 6.45) is 1.80. The van der Waals surface area contributed by atoms with Crippen LogP contribution in [0.15, 0.2) is 56.7 Å². The van der Waals surface area contributed by atoms with Gasteiger partial charge in [-0.15, -0.1) is 0 Å². The van der Waals surface area contributed by atoms with E-state index in [1.165, 1.54) is 10.2 Å². The SMILES string of the molecule is O=c1c(=O)n2c(nn1Cc1ccccc1)CC1(CCN(Cc3ccsc3)C1)C2. The third kappa shape index (κ3) is 3.14. The van der Waals surface area contributed by atoms with Crippen molar-refractivity contribution in [3.8, 4) is 0 Å². The quantitative estimate of drug-likeness (QED) is 0.635. The Hall–Kier alpha value is -2.51. The largest absolute Gasteiger partial charge is 0.332 e.